The molecule has 0 amide bonds. The molecule has 1 unspecified atom stereocenters. The third-order valence-corrected chi connectivity index (χ3v) is 4.25. The molecule has 0 spiro atoms. The van der Waals surface area contributed by atoms with Crippen molar-refractivity contribution in [2.45, 2.75) is 39.0 Å². The Labute approximate surface area is 140 Å². The first-order chi connectivity index (χ1) is 11.6. The molecule has 0 saturated carbocycles. The van der Waals surface area contributed by atoms with Crippen molar-refractivity contribution < 1.29 is 4.42 Å². The fraction of sp³-hybridized carbons (Fsp3) is 0.316. The average Bonchev–Trinajstić information content (AvgIpc) is 3.18. The minimum Gasteiger partial charge on any atom is -0.440 e. The second kappa shape index (κ2) is 5.74. The van der Waals surface area contributed by atoms with Crippen molar-refractivity contribution in [1.29, 1.82) is 0 Å². The fourth-order valence-corrected chi connectivity index (χ4v) is 2.91. The number of aromatic nitrogens is 4. The zero-order valence-corrected chi connectivity index (χ0v) is 14.1. The van der Waals surface area contributed by atoms with E-state index < -0.39 is 0 Å². The molecule has 3 aromatic heterocycles. The van der Waals surface area contributed by atoms with Gasteiger partial charge in [-0.2, -0.15) is 0 Å². The number of imidazole rings is 1. The standard InChI is InChI=1S/C19H20N4O/c1-11(2)19-22-14-7-6-13(10-16(14)24-19)9-12(3)17-21-15-5-4-8-20-18(15)23-17/h4-8,10-12H,9H2,1-3H3,(H,20,21,23). The molecule has 4 rings (SSSR count). The average molecular weight is 320 g/mol. The quantitative estimate of drug-likeness (QED) is 0.598. The Morgan fingerprint density at radius 3 is 2.79 bits per heavy atom. The predicted octanol–water partition coefficient (Wildman–Crippen LogP) is 4.57. The van der Waals surface area contributed by atoms with Gasteiger partial charge >= 0.3 is 0 Å². The molecule has 0 bridgehead atoms. The monoisotopic (exact) mass is 320 g/mol. The van der Waals surface area contributed by atoms with E-state index in [0.717, 1.165) is 40.4 Å². The van der Waals surface area contributed by atoms with Crippen molar-refractivity contribution >= 4 is 22.3 Å². The Morgan fingerprint density at radius 1 is 1.12 bits per heavy atom. The highest BCUT2D eigenvalue weighted by atomic mass is 16.3. The second-order valence-corrected chi connectivity index (χ2v) is 6.61. The van der Waals surface area contributed by atoms with E-state index in [0.29, 0.717) is 5.92 Å². The first-order valence-electron chi connectivity index (χ1n) is 8.30. The summed E-state index contributed by atoms with van der Waals surface area (Å²) in [4.78, 5) is 16.8. The molecule has 5 nitrogen and oxygen atoms in total. The number of rotatable bonds is 4. The molecule has 5 heteroatoms. The highest BCUT2D eigenvalue weighted by molar-refractivity contribution is 5.73. The van der Waals surface area contributed by atoms with Crippen LogP contribution in [-0.4, -0.2) is 19.9 Å². The topological polar surface area (TPSA) is 67.6 Å². The minimum absolute atomic E-state index is 0.268. The van der Waals surface area contributed by atoms with Crippen LogP contribution < -0.4 is 0 Å². The molecule has 0 aliphatic rings. The van der Waals surface area contributed by atoms with Gasteiger partial charge in [-0.3, -0.25) is 0 Å². The number of hydrogen-bond acceptors (Lipinski definition) is 4. The van der Waals surface area contributed by atoms with Crippen LogP contribution >= 0.6 is 0 Å². The van der Waals surface area contributed by atoms with Crippen LogP contribution in [0, 0.1) is 0 Å². The molecule has 0 fully saturated rings. The van der Waals surface area contributed by atoms with E-state index in [1.165, 1.54) is 5.56 Å². The molecule has 0 aliphatic carbocycles. The maximum absolute atomic E-state index is 5.86. The van der Waals surface area contributed by atoms with Crippen LogP contribution in [0.15, 0.2) is 40.9 Å². The number of H-pyrrole nitrogens is 1. The third-order valence-electron chi connectivity index (χ3n) is 4.25. The normalized spacial score (nSPS) is 13.2. The van der Waals surface area contributed by atoms with Crippen molar-refractivity contribution in [3.63, 3.8) is 0 Å². The lowest BCUT2D eigenvalue weighted by molar-refractivity contribution is 0.501. The van der Waals surface area contributed by atoms with Crippen molar-refractivity contribution in [3.05, 3.63) is 53.8 Å². The van der Waals surface area contributed by atoms with Crippen LogP contribution in [0.4, 0.5) is 0 Å². The smallest absolute Gasteiger partial charge is 0.198 e. The summed E-state index contributed by atoms with van der Waals surface area (Å²) in [6.07, 6.45) is 2.65. The van der Waals surface area contributed by atoms with Gasteiger partial charge in [-0.15, -0.1) is 0 Å². The summed E-state index contributed by atoms with van der Waals surface area (Å²) in [5.41, 5.74) is 4.74. The van der Waals surface area contributed by atoms with E-state index in [4.69, 9.17) is 4.42 Å². The lowest BCUT2D eigenvalue weighted by atomic mass is 10.0. The van der Waals surface area contributed by atoms with Gasteiger partial charge in [0.05, 0.1) is 5.52 Å². The van der Waals surface area contributed by atoms with E-state index in [1.54, 1.807) is 6.20 Å². The van der Waals surface area contributed by atoms with Crippen LogP contribution in [0.25, 0.3) is 22.3 Å². The second-order valence-electron chi connectivity index (χ2n) is 6.61. The van der Waals surface area contributed by atoms with Crippen molar-refractivity contribution in [1.82, 2.24) is 19.9 Å². The van der Waals surface area contributed by atoms with Crippen LogP contribution in [0.5, 0.6) is 0 Å². The van der Waals surface area contributed by atoms with E-state index in [9.17, 15) is 0 Å². The maximum atomic E-state index is 5.86. The summed E-state index contributed by atoms with van der Waals surface area (Å²) in [5.74, 6) is 2.31. The number of nitrogens with one attached hydrogen (secondary N) is 1. The largest absolute Gasteiger partial charge is 0.440 e. The summed E-state index contributed by atoms with van der Waals surface area (Å²) in [5, 5.41) is 0. The van der Waals surface area contributed by atoms with Gasteiger partial charge in [0.1, 0.15) is 11.3 Å². The Morgan fingerprint density at radius 2 is 2.00 bits per heavy atom. The van der Waals surface area contributed by atoms with Gasteiger partial charge in [0.2, 0.25) is 0 Å². The first kappa shape index (κ1) is 14.9. The number of nitrogens with zero attached hydrogens (tertiary/aromatic N) is 3. The van der Waals surface area contributed by atoms with E-state index >= 15 is 0 Å². The summed E-state index contributed by atoms with van der Waals surface area (Å²) in [6, 6.07) is 10.2. The van der Waals surface area contributed by atoms with Gasteiger partial charge in [0, 0.05) is 18.0 Å². The molecule has 1 N–H and O–H groups in total. The Hall–Kier alpha value is -2.69. The van der Waals surface area contributed by atoms with Gasteiger partial charge in [0.25, 0.3) is 0 Å². The molecule has 1 atom stereocenters. The number of benzene rings is 1. The molecule has 4 aromatic rings. The number of oxazole rings is 1. The predicted molar refractivity (Wildman–Crippen MR) is 94.1 cm³/mol. The zero-order valence-electron chi connectivity index (χ0n) is 14.1. The van der Waals surface area contributed by atoms with E-state index in [-0.39, 0.29) is 5.92 Å². The van der Waals surface area contributed by atoms with E-state index in [2.05, 4.69) is 52.8 Å². The van der Waals surface area contributed by atoms with Crippen LogP contribution in [0.1, 0.15) is 49.9 Å². The molecular weight excluding hydrogens is 300 g/mol. The van der Waals surface area contributed by atoms with E-state index in [1.807, 2.05) is 18.2 Å². The van der Waals surface area contributed by atoms with Crippen molar-refractivity contribution in [3.8, 4) is 0 Å². The Kier molecular flexibility index (Phi) is 3.56. The summed E-state index contributed by atoms with van der Waals surface area (Å²) in [7, 11) is 0. The lowest BCUT2D eigenvalue weighted by Gasteiger charge is -2.08. The van der Waals surface area contributed by atoms with Crippen molar-refractivity contribution in [2.24, 2.45) is 0 Å². The summed E-state index contributed by atoms with van der Waals surface area (Å²) < 4.78 is 5.86. The molecular formula is C19H20N4O. The Bertz CT molecular complexity index is 966. The molecule has 3 heterocycles. The minimum atomic E-state index is 0.268. The van der Waals surface area contributed by atoms with Gasteiger partial charge in [-0.25, -0.2) is 15.0 Å². The number of pyridine rings is 1. The lowest BCUT2D eigenvalue weighted by Crippen LogP contribution is -2.00. The molecule has 0 radical (unpaired) electrons. The number of fused-ring (bicyclic) bond motifs is 2. The van der Waals surface area contributed by atoms with Crippen molar-refractivity contribution in [2.75, 3.05) is 0 Å². The molecule has 0 saturated heterocycles. The van der Waals surface area contributed by atoms with Gasteiger partial charge in [0.15, 0.2) is 17.1 Å². The van der Waals surface area contributed by atoms with Crippen LogP contribution in [-0.2, 0) is 6.42 Å². The molecule has 1 aromatic carbocycles. The van der Waals surface area contributed by atoms with Gasteiger partial charge in [-0.1, -0.05) is 26.8 Å². The Balaban J connectivity index is 1.60. The highest BCUT2D eigenvalue weighted by Gasteiger charge is 2.14. The van der Waals surface area contributed by atoms with Gasteiger partial charge < -0.3 is 9.40 Å². The highest BCUT2D eigenvalue weighted by Crippen LogP contribution is 2.25. The van der Waals surface area contributed by atoms with Crippen LogP contribution in [0.3, 0.4) is 0 Å². The summed E-state index contributed by atoms with van der Waals surface area (Å²) >= 11 is 0. The molecule has 122 valence electrons. The SMILES string of the molecule is CC(C)c1nc2ccc(CC(C)c3nc4ncccc4[nH]3)cc2o1. The number of hydrogen-bond donors (Lipinski definition) is 1. The maximum Gasteiger partial charge on any atom is 0.198 e. The number of aromatic amines is 1. The fourth-order valence-electron chi connectivity index (χ4n) is 2.91. The zero-order chi connectivity index (χ0) is 16.7. The molecule has 0 aliphatic heterocycles. The van der Waals surface area contributed by atoms with Crippen LogP contribution in [0.2, 0.25) is 0 Å². The molecule has 24 heavy (non-hydrogen) atoms. The van der Waals surface area contributed by atoms with Gasteiger partial charge in [-0.05, 0) is 36.2 Å². The third kappa shape index (κ3) is 2.66. The first-order valence-corrected chi connectivity index (χ1v) is 8.30. The summed E-state index contributed by atoms with van der Waals surface area (Å²) in [6.45, 7) is 6.34.